The Balaban J connectivity index is 1.46. The van der Waals surface area contributed by atoms with Gasteiger partial charge in [0, 0.05) is 38.8 Å². The van der Waals surface area contributed by atoms with Crippen LogP contribution in [0.3, 0.4) is 0 Å². The molecule has 0 unspecified atom stereocenters. The minimum Gasteiger partial charge on any atom is -0.459 e. The third-order valence-corrected chi connectivity index (χ3v) is 8.07. The van der Waals surface area contributed by atoms with E-state index in [2.05, 4.69) is 16.4 Å². The van der Waals surface area contributed by atoms with Crippen molar-refractivity contribution in [2.24, 2.45) is 5.92 Å². The summed E-state index contributed by atoms with van der Waals surface area (Å²) in [6, 6.07) is 8.59. The second kappa shape index (κ2) is 9.56. The Bertz CT molecular complexity index is 1380. The molecule has 1 aliphatic heterocycles. The number of aryl methyl sites for hydroxylation is 1. The number of amides is 1. The lowest BCUT2D eigenvalue weighted by Gasteiger charge is -2.31. The maximum absolute atomic E-state index is 13.1. The Kier molecular flexibility index (Phi) is 6.69. The molecule has 2 aromatic heterocycles. The Morgan fingerprint density at radius 3 is 2.57 bits per heavy atom. The average molecular weight is 498 g/mol. The molecular weight excluding hydrogens is 470 g/mol. The monoisotopic (exact) mass is 497 g/mol. The lowest BCUT2D eigenvalue weighted by molar-refractivity contribution is -0.120. The highest BCUT2D eigenvalue weighted by atomic mass is 32.2. The number of carbonyl (C=O) groups excluding carboxylic acids is 1. The first-order valence-electron chi connectivity index (χ1n) is 11.2. The zero-order chi connectivity index (χ0) is 25.3. The third-order valence-electron chi connectivity index (χ3n) is 6.28. The fourth-order valence-electron chi connectivity index (χ4n) is 4.00. The highest BCUT2D eigenvalue weighted by Gasteiger charge is 2.30. The van der Waals surface area contributed by atoms with Gasteiger partial charge in [-0.1, -0.05) is 0 Å². The molecule has 0 saturated carbocycles. The molecule has 1 saturated heterocycles. The molecule has 35 heavy (non-hydrogen) atoms. The van der Waals surface area contributed by atoms with Gasteiger partial charge in [0.25, 0.3) is 5.89 Å². The van der Waals surface area contributed by atoms with Crippen LogP contribution < -0.4 is 10.2 Å². The Labute approximate surface area is 204 Å². The van der Waals surface area contributed by atoms with Gasteiger partial charge in [-0.05, 0) is 62.1 Å². The molecule has 1 N–H and O–H groups in total. The number of benzene rings is 1. The van der Waals surface area contributed by atoms with Crippen molar-refractivity contribution in [3.05, 3.63) is 47.3 Å². The molecule has 1 aromatic carbocycles. The molecule has 11 heteroatoms. The first-order valence-corrected chi connectivity index (χ1v) is 12.6. The van der Waals surface area contributed by atoms with E-state index in [9.17, 15) is 18.5 Å². The van der Waals surface area contributed by atoms with Crippen LogP contribution >= 0.6 is 0 Å². The van der Waals surface area contributed by atoms with Crippen LogP contribution in [0.2, 0.25) is 0 Å². The predicted octanol–water partition coefficient (Wildman–Crippen LogP) is 3.53. The number of carbonyl (C=O) groups is 1. The van der Waals surface area contributed by atoms with Crippen molar-refractivity contribution in [2.75, 3.05) is 37.4 Å². The second-order valence-electron chi connectivity index (χ2n) is 8.71. The van der Waals surface area contributed by atoms with Crippen molar-refractivity contribution in [1.82, 2.24) is 9.29 Å². The summed E-state index contributed by atoms with van der Waals surface area (Å²) in [6.07, 6.45) is 2.59. The van der Waals surface area contributed by atoms with E-state index in [-0.39, 0.29) is 28.3 Å². The number of oxazole rings is 1. The summed E-state index contributed by atoms with van der Waals surface area (Å²) in [7, 11) is -0.687. The van der Waals surface area contributed by atoms with Crippen LogP contribution in [0, 0.1) is 31.1 Å². The van der Waals surface area contributed by atoms with Crippen molar-refractivity contribution in [3.8, 4) is 17.7 Å². The van der Waals surface area contributed by atoms with Crippen molar-refractivity contribution >= 4 is 27.5 Å². The Morgan fingerprint density at radius 1 is 1.26 bits per heavy atom. The molecule has 0 radical (unpaired) electrons. The number of nitrogens with one attached hydrogen (secondary N) is 1. The Morgan fingerprint density at radius 2 is 1.97 bits per heavy atom. The lowest BCUT2D eigenvalue weighted by atomic mass is 9.95. The van der Waals surface area contributed by atoms with Gasteiger partial charge in [0.15, 0.2) is 5.76 Å². The molecule has 0 atom stereocenters. The molecular formula is C24H27N5O5S. The molecule has 0 bridgehead atoms. The maximum Gasteiger partial charge on any atom is 0.266 e. The van der Waals surface area contributed by atoms with E-state index in [4.69, 9.17) is 8.83 Å². The van der Waals surface area contributed by atoms with Gasteiger partial charge in [0.2, 0.25) is 27.5 Å². The molecule has 3 heterocycles. The highest BCUT2D eigenvalue weighted by molar-refractivity contribution is 7.89. The second-order valence-corrected chi connectivity index (χ2v) is 10.9. The van der Waals surface area contributed by atoms with E-state index in [1.807, 2.05) is 18.7 Å². The molecule has 1 fully saturated rings. The SMILES string of the molecule is Cc1cc(S(=O)(=O)N(C)C)cc(NC(=O)C2CCN(c3oc(-c4ccco4)nc3C#N)CC2)c1C. The molecule has 0 spiro atoms. The Hall–Kier alpha value is -3.62. The summed E-state index contributed by atoms with van der Waals surface area (Å²) in [6.45, 7) is 4.68. The number of aromatic nitrogens is 1. The number of rotatable bonds is 6. The van der Waals surface area contributed by atoms with Crippen LogP contribution in [0.1, 0.15) is 29.7 Å². The van der Waals surface area contributed by atoms with Crippen LogP contribution in [-0.4, -0.2) is 50.8 Å². The van der Waals surface area contributed by atoms with E-state index in [1.54, 1.807) is 18.2 Å². The number of piperidine rings is 1. The van der Waals surface area contributed by atoms with Crippen LogP contribution in [0.15, 0.2) is 44.3 Å². The largest absolute Gasteiger partial charge is 0.459 e. The van der Waals surface area contributed by atoms with Crippen LogP contribution in [0.25, 0.3) is 11.7 Å². The quantitative estimate of drug-likeness (QED) is 0.547. The van der Waals surface area contributed by atoms with E-state index in [0.717, 1.165) is 15.4 Å². The molecule has 4 rings (SSSR count). The van der Waals surface area contributed by atoms with Crippen LogP contribution in [0.5, 0.6) is 0 Å². The summed E-state index contributed by atoms with van der Waals surface area (Å²) in [5.74, 6) is 0.607. The van der Waals surface area contributed by atoms with Gasteiger partial charge in [0.05, 0.1) is 11.2 Å². The average Bonchev–Trinajstić information content (AvgIpc) is 3.51. The molecule has 1 aliphatic rings. The molecule has 1 amide bonds. The summed E-state index contributed by atoms with van der Waals surface area (Å²) >= 11 is 0. The molecule has 3 aromatic rings. The number of furan rings is 1. The normalized spacial score (nSPS) is 14.8. The standard InChI is InChI=1S/C24H27N5O5S/c1-15-12-18(35(31,32)28(3)4)13-19(16(15)2)26-22(30)17-7-9-29(10-8-17)24-20(14-25)27-23(34-24)21-6-5-11-33-21/h5-6,11-13,17H,7-10H2,1-4H3,(H,26,30). The number of nitrogens with zero attached hydrogens (tertiary/aromatic N) is 4. The van der Waals surface area contributed by atoms with Crippen molar-refractivity contribution in [3.63, 3.8) is 0 Å². The summed E-state index contributed by atoms with van der Waals surface area (Å²) < 4.78 is 37.5. The van der Waals surface area contributed by atoms with Gasteiger partial charge >= 0.3 is 0 Å². The fraction of sp³-hybridized carbons (Fsp3) is 0.375. The topological polar surface area (TPSA) is 133 Å². The predicted molar refractivity (Wildman–Crippen MR) is 129 cm³/mol. The molecule has 10 nitrogen and oxygen atoms in total. The first-order chi connectivity index (χ1) is 16.6. The summed E-state index contributed by atoms with van der Waals surface area (Å²) in [5, 5.41) is 12.4. The van der Waals surface area contributed by atoms with Crippen LogP contribution in [-0.2, 0) is 14.8 Å². The smallest absolute Gasteiger partial charge is 0.266 e. The van der Waals surface area contributed by atoms with E-state index in [1.165, 1.54) is 26.4 Å². The van der Waals surface area contributed by atoms with Crippen molar-refractivity contribution in [1.29, 1.82) is 5.26 Å². The van der Waals surface area contributed by atoms with Gasteiger partial charge in [0.1, 0.15) is 6.07 Å². The fourth-order valence-corrected chi connectivity index (χ4v) is 5.01. The summed E-state index contributed by atoms with van der Waals surface area (Å²) in [4.78, 5) is 19.3. The number of nitriles is 1. The number of hydrogen-bond acceptors (Lipinski definition) is 8. The minimum absolute atomic E-state index is 0.137. The van der Waals surface area contributed by atoms with Crippen molar-refractivity contribution in [2.45, 2.75) is 31.6 Å². The van der Waals surface area contributed by atoms with E-state index >= 15 is 0 Å². The molecule has 0 aliphatic carbocycles. The third kappa shape index (κ3) is 4.80. The van der Waals surface area contributed by atoms with Gasteiger partial charge in [-0.15, -0.1) is 0 Å². The van der Waals surface area contributed by atoms with E-state index in [0.29, 0.717) is 43.3 Å². The lowest BCUT2D eigenvalue weighted by Crippen LogP contribution is -2.38. The number of anilines is 2. The van der Waals surface area contributed by atoms with Crippen LogP contribution in [0.4, 0.5) is 11.6 Å². The van der Waals surface area contributed by atoms with E-state index < -0.39 is 10.0 Å². The van der Waals surface area contributed by atoms with Crippen molar-refractivity contribution < 1.29 is 22.0 Å². The van der Waals surface area contributed by atoms with Gasteiger partial charge in [-0.2, -0.15) is 10.2 Å². The first kappa shape index (κ1) is 24.5. The minimum atomic E-state index is -3.63. The highest BCUT2D eigenvalue weighted by Crippen LogP contribution is 2.32. The zero-order valence-electron chi connectivity index (χ0n) is 20.0. The van der Waals surface area contributed by atoms with Gasteiger partial charge < -0.3 is 19.1 Å². The molecule has 184 valence electrons. The van der Waals surface area contributed by atoms with Gasteiger partial charge in [-0.25, -0.2) is 12.7 Å². The number of hydrogen-bond donors (Lipinski definition) is 1. The maximum atomic E-state index is 13.1. The zero-order valence-corrected chi connectivity index (χ0v) is 20.8. The summed E-state index contributed by atoms with van der Waals surface area (Å²) in [5.41, 5.74) is 2.26. The van der Waals surface area contributed by atoms with Gasteiger partial charge in [-0.3, -0.25) is 4.79 Å². The number of sulfonamides is 1.